The summed E-state index contributed by atoms with van der Waals surface area (Å²) in [6.07, 6.45) is 7.31. The Hall–Kier alpha value is -1.10. The van der Waals surface area contributed by atoms with Gasteiger partial charge in [-0.2, -0.15) is 0 Å². The van der Waals surface area contributed by atoms with Crippen LogP contribution in [-0.2, 0) is 4.79 Å². The maximum Gasteiger partial charge on any atom is 0.321 e. The highest BCUT2D eigenvalue weighted by atomic mass is 32.2. The molecule has 0 radical (unpaired) electrons. The third-order valence-corrected chi connectivity index (χ3v) is 5.51. The highest BCUT2D eigenvalue weighted by Gasteiger charge is 2.19. The molecule has 0 amide bonds. The van der Waals surface area contributed by atoms with Gasteiger partial charge in [-0.05, 0) is 24.2 Å². The summed E-state index contributed by atoms with van der Waals surface area (Å²) in [5.74, 6) is 0.0856. The van der Waals surface area contributed by atoms with Crippen LogP contribution in [-0.4, -0.2) is 23.3 Å². The lowest BCUT2D eigenvalue weighted by molar-refractivity contribution is -0.136. The molecule has 0 fully saturated rings. The van der Waals surface area contributed by atoms with Crippen LogP contribution in [0.15, 0.2) is 30.3 Å². The number of rotatable bonds is 15. The lowest BCUT2D eigenvalue weighted by Crippen LogP contribution is -2.08. The van der Waals surface area contributed by atoms with Crippen LogP contribution < -0.4 is 0 Å². The largest absolute Gasteiger partial charge is 0.480 e. The fraction of sp³-hybridized carbons (Fsp3) is 0.650. The normalized spacial score (nSPS) is 12.4. The minimum absolute atomic E-state index is 0.0397. The molecular weight excluding hydrogens is 342 g/mol. The highest BCUT2D eigenvalue weighted by Crippen LogP contribution is 2.30. The molecule has 0 aromatic heterocycles. The van der Waals surface area contributed by atoms with Crippen LogP contribution >= 0.6 is 11.8 Å². The van der Waals surface area contributed by atoms with E-state index in [4.69, 9.17) is 0 Å². The van der Waals surface area contributed by atoms with Crippen molar-refractivity contribution in [3.63, 3.8) is 0 Å². The average Bonchev–Trinajstić information content (AvgIpc) is 2.59. The quantitative estimate of drug-likeness (QED) is 0.348. The van der Waals surface area contributed by atoms with Gasteiger partial charge in [0.25, 0.3) is 0 Å². The Kier molecular flexibility index (Phi) is 12.4. The van der Waals surface area contributed by atoms with Crippen LogP contribution in [0, 0.1) is 0 Å². The van der Waals surface area contributed by atoms with Gasteiger partial charge in [0.2, 0.25) is 6.43 Å². The molecule has 0 aliphatic rings. The lowest BCUT2D eigenvalue weighted by Gasteiger charge is -2.12. The van der Waals surface area contributed by atoms with Crippen LogP contribution in [0.1, 0.15) is 75.0 Å². The molecule has 25 heavy (non-hydrogen) atoms. The summed E-state index contributed by atoms with van der Waals surface area (Å²) in [5, 5.41) is 8.88. The molecule has 0 saturated heterocycles. The monoisotopic (exact) mass is 372 g/mol. The van der Waals surface area contributed by atoms with Crippen LogP contribution in [0.2, 0.25) is 0 Å². The molecule has 0 unspecified atom stereocenters. The van der Waals surface area contributed by atoms with E-state index in [1.54, 1.807) is 0 Å². The zero-order chi connectivity index (χ0) is 18.3. The van der Waals surface area contributed by atoms with E-state index < -0.39 is 17.6 Å². The predicted octanol–water partition coefficient (Wildman–Crippen LogP) is 6.71. The summed E-state index contributed by atoms with van der Waals surface area (Å²) in [4.78, 5) is 11.4. The number of alkyl halides is 2. The smallest absolute Gasteiger partial charge is 0.321 e. The van der Waals surface area contributed by atoms with Gasteiger partial charge in [0.15, 0.2) is 0 Å². The van der Waals surface area contributed by atoms with E-state index in [9.17, 15) is 18.7 Å². The van der Waals surface area contributed by atoms with Crippen LogP contribution in [0.4, 0.5) is 8.78 Å². The Labute approximate surface area is 154 Å². The lowest BCUT2D eigenvalue weighted by atomic mass is 10.1. The van der Waals surface area contributed by atoms with Crippen molar-refractivity contribution in [2.45, 2.75) is 75.9 Å². The van der Waals surface area contributed by atoms with Crippen LogP contribution in [0.3, 0.4) is 0 Å². The Morgan fingerprint density at radius 3 is 1.92 bits per heavy atom. The number of benzene rings is 1. The number of carboxylic acid groups (broad SMARTS) is 1. The topological polar surface area (TPSA) is 37.3 Å². The molecule has 142 valence electrons. The fourth-order valence-electron chi connectivity index (χ4n) is 2.78. The number of aliphatic carboxylic acids is 1. The number of hydrogen-bond acceptors (Lipinski definition) is 2. The minimum Gasteiger partial charge on any atom is -0.480 e. The van der Waals surface area contributed by atoms with E-state index in [0.29, 0.717) is 6.42 Å². The molecule has 1 aromatic rings. The Morgan fingerprint density at radius 1 is 0.880 bits per heavy atom. The number of carbonyl (C=O) groups is 1. The summed E-state index contributed by atoms with van der Waals surface area (Å²) >= 11 is 1.50. The molecule has 5 heteroatoms. The van der Waals surface area contributed by atoms with Gasteiger partial charge in [-0.1, -0.05) is 75.3 Å². The van der Waals surface area contributed by atoms with Crippen molar-refractivity contribution in [2.75, 3.05) is 5.75 Å². The zero-order valence-electron chi connectivity index (χ0n) is 14.8. The van der Waals surface area contributed by atoms with Crippen molar-refractivity contribution in [1.82, 2.24) is 0 Å². The molecule has 2 nitrogen and oxygen atoms in total. The van der Waals surface area contributed by atoms with Crippen LogP contribution in [0.25, 0.3) is 0 Å². The molecule has 1 N–H and O–H groups in total. The molecule has 0 bridgehead atoms. The second-order valence-corrected chi connectivity index (χ2v) is 7.57. The van der Waals surface area contributed by atoms with E-state index in [-0.39, 0.29) is 6.42 Å². The SMILES string of the molecule is O=C(O)[C@@H](SCCCCCCCCCCCC(F)F)c1ccccc1. The maximum atomic E-state index is 12.0. The van der Waals surface area contributed by atoms with Gasteiger partial charge in [-0.15, -0.1) is 11.8 Å². The van der Waals surface area contributed by atoms with Crippen LogP contribution in [0.5, 0.6) is 0 Å². The summed E-state index contributed by atoms with van der Waals surface area (Å²) in [6, 6.07) is 9.38. The molecule has 1 aromatic carbocycles. The molecule has 1 rings (SSSR count). The number of carboxylic acids is 1. The molecule has 1 atom stereocenters. The first-order valence-corrected chi connectivity index (χ1v) is 10.3. The summed E-state index contributed by atoms with van der Waals surface area (Å²) in [7, 11) is 0. The number of halogens is 2. The van der Waals surface area contributed by atoms with Gasteiger partial charge in [-0.25, -0.2) is 8.78 Å². The summed E-state index contributed by atoms with van der Waals surface area (Å²) in [6.45, 7) is 0. The summed E-state index contributed by atoms with van der Waals surface area (Å²) < 4.78 is 23.9. The van der Waals surface area contributed by atoms with E-state index in [0.717, 1.165) is 43.4 Å². The zero-order valence-corrected chi connectivity index (χ0v) is 15.7. The first-order valence-electron chi connectivity index (χ1n) is 9.28. The highest BCUT2D eigenvalue weighted by molar-refractivity contribution is 8.00. The minimum atomic E-state index is -2.15. The molecule has 0 heterocycles. The number of thioether (sulfide) groups is 1. The third kappa shape index (κ3) is 11.2. The second-order valence-electron chi connectivity index (χ2n) is 6.36. The fourth-order valence-corrected chi connectivity index (χ4v) is 3.88. The maximum absolute atomic E-state index is 12.0. The average molecular weight is 373 g/mol. The third-order valence-electron chi connectivity index (χ3n) is 4.18. The van der Waals surface area contributed by atoms with Crippen molar-refractivity contribution in [3.8, 4) is 0 Å². The molecule has 0 aliphatic carbocycles. The molecule has 0 spiro atoms. The first kappa shape index (κ1) is 21.9. The van der Waals surface area contributed by atoms with Crippen molar-refractivity contribution in [2.24, 2.45) is 0 Å². The summed E-state index contributed by atoms with van der Waals surface area (Å²) in [5.41, 5.74) is 0.854. The first-order chi connectivity index (χ1) is 12.1. The van der Waals surface area contributed by atoms with Crippen molar-refractivity contribution in [1.29, 1.82) is 0 Å². The van der Waals surface area contributed by atoms with E-state index in [2.05, 4.69) is 0 Å². The van der Waals surface area contributed by atoms with E-state index >= 15 is 0 Å². The number of unbranched alkanes of at least 4 members (excludes halogenated alkanes) is 8. The predicted molar refractivity (Wildman–Crippen MR) is 101 cm³/mol. The van der Waals surface area contributed by atoms with Gasteiger partial charge in [-0.3, -0.25) is 4.79 Å². The van der Waals surface area contributed by atoms with Crippen molar-refractivity contribution >= 4 is 17.7 Å². The molecule has 0 aliphatic heterocycles. The molecular formula is C20H30F2O2S. The van der Waals surface area contributed by atoms with Gasteiger partial charge in [0.05, 0.1) is 0 Å². The molecule has 0 saturated carbocycles. The van der Waals surface area contributed by atoms with E-state index in [1.165, 1.54) is 31.0 Å². The van der Waals surface area contributed by atoms with Crippen molar-refractivity contribution in [3.05, 3.63) is 35.9 Å². The Bertz CT molecular complexity index is 454. The van der Waals surface area contributed by atoms with Gasteiger partial charge >= 0.3 is 5.97 Å². The Morgan fingerprint density at radius 2 is 1.40 bits per heavy atom. The number of hydrogen-bond donors (Lipinski definition) is 1. The van der Waals surface area contributed by atoms with Gasteiger partial charge < -0.3 is 5.11 Å². The standard InChI is InChI=1S/C20H30F2O2S/c21-18(22)15-11-6-4-2-1-3-5-7-12-16-25-19(20(23)24)17-13-9-8-10-14-17/h8-10,13-14,18-19H,1-7,11-12,15-16H2,(H,23,24)/t19-/m0/s1. The Balaban J connectivity index is 1.98. The van der Waals surface area contributed by atoms with Gasteiger partial charge in [0.1, 0.15) is 5.25 Å². The van der Waals surface area contributed by atoms with E-state index in [1.807, 2.05) is 30.3 Å². The van der Waals surface area contributed by atoms with Gasteiger partial charge in [0, 0.05) is 6.42 Å². The second kappa shape index (κ2) is 14.1. The van der Waals surface area contributed by atoms with Crippen molar-refractivity contribution < 1.29 is 18.7 Å².